The third-order valence-electron chi connectivity index (χ3n) is 19.7. The predicted octanol–water partition coefficient (Wildman–Crippen LogP) is 8.21. The second kappa shape index (κ2) is 57.0. The van der Waals surface area contributed by atoms with E-state index in [0.717, 1.165) is 36.3 Å². The van der Waals surface area contributed by atoms with Gasteiger partial charge in [-0.2, -0.15) is 0 Å². The SMILES string of the molecule is CC(=O)O[C@H]1[C@H](C)[C@H](F)O[C@@H](C)[C@H]1OC(C)=O.CC(=O)O[C@H]1[C@H](C)[C@H](ON)O[C@@H](C)[C@H]1OC(C)=O.CO[C@@H]1O[C@@H](C)[C@@H](OC(C)=O)[C@@H](OC(C)=O)[C@@H]1C.COc1ccc(/C=C/C(=O)CO[C@@H]2O[C@@H](C)[C@@H](OC(C)=O)[C@@H](OC(C)=O)[C@@H]2C)cc1.C[C@@H]1O[C@@H](OCC(=O)CCCCCCC(=O)Nc2ccccc2)[C@@H](O)[C@H](O)[C@@H]1O.ClCCl.O=C1c2ccccc2C(=O)N1O. The lowest BCUT2D eigenvalue weighted by atomic mass is 9.92. The molecule has 0 spiro atoms. The minimum absolute atomic E-state index is 0.0201. The van der Waals surface area contributed by atoms with Crippen LogP contribution in [0.1, 0.15) is 183 Å². The summed E-state index contributed by atoms with van der Waals surface area (Å²) in [4.78, 5) is 152. The Kier molecular flexibility index (Phi) is 50.3. The minimum atomic E-state index is -1.54. The lowest BCUT2D eigenvalue weighted by Gasteiger charge is -2.42. The number of fused-ring (bicyclic) bond motifs is 1. The van der Waals surface area contributed by atoms with Crippen LogP contribution in [-0.2, 0) is 133 Å². The Hall–Kier alpha value is -9.14. The maximum Gasteiger partial charge on any atom is 0.303 e. The van der Waals surface area contributed by atoms with Crippen molar-refractivity contribution >= 4 is 112 Å². The number of amides is 3. The van der Waals surface area contributed by atoms with Gasteiger partial charge < -0.3 is 101 Å². The van der Waals surface area contributed by atoms with Crippen molar-refractivity contribution in [3.63, 3.8) is 0 Å². The van der Waals surface area contributed by atoms with E-state index in [4.69, 9.17) is 115 Å². The van der Waals surface area contributed by atoms with Crippen molar-refractivity contribution in [3.8, 4) is 5.75 Å². The Bertz CT molecular complexity index is 3920. The molecule has 712 valence electrons. The summed E-state index contributed by atoms with van der Waals surface area (Å²) < 4.78 is 103. The Morgan fingerprint density at radius 2 is 0.811 bits per heavy atom. The molecule has 127 heavy (non-hydrogen) atoms. The fourth-order valence-corrected chi connectivity index (χ4v) is 13.4. The standard InChI is InChI=1S/C22H28O8.C21H31NO7.C12H20O6.C11H17FO5.C11H19NO6.C8H5NO3.CH2Cl2/c1-13-20(29-15(3)23)21(30-16(4)24)14(2)28-22(13)27-12-18(25)9-6-17-7-10-19(26-5)11-8-17;1-14-18(25)19(26)20(27)21(29-14)28-13-16(23)11-7-2-3-8-12-17(24)22-15-9-5-4-6-10-15;1-6-10(17-8(3)13)11(18-9(4)14)7(2)16-12(6)15-5;1-5-9(16-7(3)13)10(17-8(4)14)6(2)15-11(5)12;1-5-9(16-7(3)13)10(17-8(4)14)6(2)15-11(5)18-12;10-7-5-3-1-2-4-6(5)8(11)9(7)12;2-1-3/h6-11,13-14,20-22H,12H2,1-5H3;4-6,9-10,14,18-21,25-27H,2-3,7-8,11-13H2,1H3,(H,22,24);6-7,10-12H,1-5H3;5-6,9-11H,1-4H3;5-6,9-11H,12H2,1-4H3;1-4,12H;1H2/b9-6+;;;;;;/t13-,14-,20-,21+,22+;14-,18+,19+,20-,21+;6-,7-,10-,11+,12+;5-,6-,9-,10+,11+;5-,6-,9-,10+,11-;;/m00000../s1. The van der Waals surface area contributed by atoms with Gasteiger partial charge in [0.1, 0.15) is 61.7 Å². The first-order valence-electron chi connectivity index (χ1n) is 40.7. The van der Waals surface area contributed by atoms with Gasteiger partial charge in [-0.1, -0.05) is 89.1 Å². The number of hydroxylamine groups is 2. The number of imide groups is 1. The monoisotopic (exact) mass is 1850 g/mol. The van der Waals surface area contributed by atoms with Gasteiger partial charge in [0.25, 0.3) is 11.8 Å². The molecule has 3 aromatic rings. The van der Waals surface area contributed by atoms with E-state index >= 15 is 0 Å². The number of nitrogens with zero attached hydrogens (tertiary/aromatic N) is 1. The first kappa shape index (κ1) is 112. The molecule has 6 aliphatic heterocycles. The molecule has 41 heteroatoms. The highest BCUT2D eigenvalue weighted by atomic mass is 35.5. The van der Waals surface area contributed by atoms with Gasteiger partial charge in [0.2, 0.25) is 12.3 Å². The number of aliphatic hydroxyl groups is 3. The molecular formula is C86H122Cl2FN3O35. The highest BCUT2D eigenvalue weighted by molar-refractivity contribution is 6.40. The van der Waals surface area contributed by atoms with Crippen molar-refractivity contribution in [3.05, 3.63) is 102 Å². The van der Waals surface area contributed by atoms with Crippen LogP contribution in [0.15, 0.2) is 84.9 Å². The van der Waals surface area contributed by atoms with Gasteiger partial charge in [-0.05, 0) is 95.5 Å². The van der Waals surface area contributed by atoms with Crippen LogP contribution in [0.5, 0.6) is 5.75 Å². The molecule has 38 nitrogen and oxygen atoms in total. The summed E-state index contributed by atoms with van der Waals surface area (Å²) in [5, 5.41) is 41.3. The van der Waals surface area contributed by atoms with Gasteiger partial charge in [0.05, 0.1) is 60.0 Å². The summed E-state index contributed by atoms with van der Waals surface area (Å²) in [7, 11) is 3.10. The smallest absolute Gasteiger partial charge is 0.303 e. The summed E-state index contributed by atoms with van der Waals surface area (Å²) in [5.41, 5.74) is 2.14. The molecule has 3 amide bonds. The van der Waals surface area contributed by atoms with E-state index in [1.165, 1.54) is 80.7 Å². The number of esters is 8. The number of Topliss-reactive ketones (excluding diaryl/α,β-unsaturated/α-hetero) is 1. The molecule has 9 rings (SSSR count). The fourth-order valence-electron chi connectivity index (χ4n) is 13.4. The van der Waals surface area contributed by atoms with Crippen LogP contribution in [-0.4, -0.2) is 265 Å². The lowest BCUT2D eigenvalue weighted by Crippen LogP contribution is -2.57. The molecule has 25 atom stereocenters. The van der Waals surface area contributed by atoms with Crippen LogP contribution in [0.2, 0.25) is 0 Å². The molecule has 5 saturated heterocycles. The highest BCUT2D eigenvalue weighted by Gasteiger charge is 2.51. The number of nitrogens with two attached hydrogens (primary N) is 1. The van der Waals surface area contributed by atoms with Crippen LogP contribution < -0.4 is 16.0 Å². The average Bonchev–Trinajstić information content (AvgIpc) is 1.26. The summed E-state index contributed by atoms with van der Waals surface area (Å²) in [6.45, 7) is 24.9. The number of unbranched alkanes of at least 4 members (excludes halogenated alkanes) is 3. The number of anilines is 1. The average molecular weight is 1850 g/mol. The lowest BCUT2D eigenvalue weighted by molar-refractivity contribution is -0.291. The normalized spacial score (nSPS) is 29.1. The van der Waals surface area contributed by atoms with E-state index in [0.29, 0.717) is 19.3 Å². The van der Waals surface area contributed by atoms with Gasteiger partial charge in [0.15, 0.2) is 61.1 Å². The minimum Gasteiger partial charge on any atom is -0.497 e. The van der Waals surface area contributed by atoms with Gasteiger partial charge in [0, 0.05) is 98.8 Å². The number of carbonyl (C=O) groups is 13. The largest absolute Gasteiger partial charge is 0.497 e. The first-order chi connectivity index (χ1) is 59.8. The second-order valence-corrected chi connectivity index (χ2v) is 30.8. The first-order valence-corrected chi connectivity index (χ1v) is 41.8. The van der Waals surface area contributed by atoms with Crippen LogP contribution >= 0.6 is 23.2 Å². The Balaban J connectivity index is 0.000000400. The molecule has 6 heterocycles. The summed E-state index contributed by atoms with van der Waals surface area (Å²) in [6, 6.07) is 22.9. The molecule has 0 radical (unpaired) electrons. The number of carbonyl (C=O) groups excluding carboxylic acids is 13. The number of para-hydroxylation sites is 1. The third kappa shape index (κ3) is 37.8. The van der Waals surface area contributed by atoms with Gasteiger partial charge in [-0.3, -0.25) is 72.4 Å². The van der Waals surface area contributed by atoms with Crippen molar-refractivity contribution in [1.82, 2.24) is 5.06 Å². The van der Waals surface area contributed by atoms with Crippen molar-refractivity contribution in [1.29, 1.82) is 0 Å². The number of benzene rings is 3. The molecule has 0 aliphatic carbocycles. The summed E-state index contributed by atoms with van der Waals surface area (Å²) in [6.07, 6.45) is -10.1. The van der Waals surface area contributed by atoms with E-state index in [9.17, 15) is 82.0 Å². The van der Waals surface area contributed by atoms with E-state index in [1.807, 2.05) is 49.4 Å². The number of aliphatic hydroxyl groups excluding tert-OH is 3. The fraction of sp³-hybridized carbons (Fsp3) is 0.616. The van der Waals surface area contributed by atoms with Crippen molar-refractivity contribution in [2.45, 2.75) is 285 Å². The topological polar surface area (TPSA) is 510 Å². The zero-order chi connectivity index (χ0) is 95.8. The summed E-state index contributed by atoms with van der Waals surface area (Å²) >= 11 is 9.53. The molecule has 6 aliphatic rings. The van der Waals surface area contributed by atoms with E-state index in [1.54, 1.807) is 92.8 Å². The molecule has 7 N–H and O–H groups in total. The third-order valence-corrected chi connectivity index (χ3v) is 19.7. The number of nitrogens with one attached hydrogen (secondary N) is 1. The van der Waals surface area contributed by atoms with Crippen molar-refractivity contribution < 1.29 is 173 Å². The molecule has 0 bridgehead atoms. The maximum absolute atomic E-state index is 13.5. The molecule has 0 saturated carbocycles. The van der Waals surface area contributed by atoms with Gasteiger partial charge in [-0.25, -0.2) is 10.3 Å². The van der Waals surface area contributed by atoms with Gasteiger partial charge >= 0.3 is 47.8 Å². The van der Waals surface area contributed by atoms with Crippen molar-refractivity contribution in [2.75, 3.05) is 38.1 Å². The Labute approximate surface area is 746 Å². The van der Waals surface area contributed by atoms with Crippen LogP contribution in [0.25, 0.3) is 6.08 Å². The number of halogens is 3. The molecule has 3 aromatic carbocycles. The zero-order valence-corrected chi connectivity index (χ0v) is 76.1. The highest BCUT2D eigenvalue weighted by Crippen LogP contribution is 2.36. The Morgan fingerprint density at radius 1 is 0.449 bits per heavy atom. The number of methoxy groups -OCH3 is 2. The molecule has 5 fully saturated rings. The quantitative estimate of drug-likeness (QED) is 0.00611. The van der Waals surface area contributed by atoms with Crippen LogP contribution in [0.3, 0.4) is 0 Å². The summed E-state index contributed by atoms with van der Waals surface area (Å²) in [5.74, 6) is -1.42. The number of alkyl halides is 3. The number of ether oxygens (including phenoxy) is 17. The number of ketones is 2. The van der Waals surface area contributed by atoms with E-state index in [-0.39, 0.29) is 64.1 Å². The zero-order valence-electron chi connectivity index (χ0n) is 74.6. The molecular weight excluding hydrogens is 1720 g/mol. The van der Waals surface area contributed by atoms with Crippen molar-refractivity contribution in [2.24, 2.45) is 29.6 Å². The predicted molar refractivity (Wildman–Crippen MR) is 446 cm³/mol. The van der Waals surface area contributed by atoms with Crippen LogP contribution in [0.4, 0.5) is 10.1 Å². The number of hydrogen-bond donors (Lipinski definition) is 6. The van der Waals surface area contributed by atoms with E-state index in [2.05, 4.69) is 10.2 Å². The maximum atomic E-state index is 13.5. The second-order valence-electron chi connectivity index (χ2n) is 30.0. The van der Waals surface area contributed by atoms with E-state index < -0.39 is 201 Å². The molecule has 0 aromatic heterocycles. The number of hydrogen-bond acceptors (Lipinski definition) is 36. The number of rotatable bonds is 27. The van der Waals surface area contributed by atoms with Crippen LogP contribution in [0, 0.1) is 23.7 Å². The molecule has 0 unspecified atom stereocenters. The van der Waals surface area contributed by atoms with Gasteiger partial charge in [-0.15, -0.1) is 28.3 Å². The Morgan fingerprint density at radius 3 is 1.23 bits per heavy atom.